The van der Waals surface area contributed by atoms with Crippen molar-refractivity contribution in [1.29, 1.82) is 0 Å². The number of rotatable bonds is 4. The molecule has 118 valence electrons. The van der Waals surface area contributed by atoms with Gasteiger partial charge in [0, 0.05) is 23.6 Å². The summed E-state index contributed by atoms with van der Waals surface area (Å²) in [6.07, 6.45) is 0.577. The van der Waals surface area contributed by atoms with Crippen molar-refractivity contribution in [3.8, 4) is 0 Å². The van der Waals surface area contributed by atoms with E-state index in [1.807, 2.05) is 5.38 Å². The summed E-state index contributed by atoms with van der Waals surface area (Å²) in [6, 6.07) is 3.47. The number of thiazole rings is 1. The van der Waals surface area contributed by atoms with Gasteiger partial charge in [0.05, 0.1) is 10.7 Å². The van der Waals surface area contributed by atoms with Crippen molar-refractivity contribution in [2.24, 2.45) is 0 Å². The van der Waals surface area contributed by atoms with E-state index in [0.717, 1.165) is 22.8 Å². The summed E-state index contributed by atoms with van der Waals surface area (Å²) in [5.41, 5.74) is 0.544. The van der Waals surface area contributed by atoms with Crippen LogP contribution >= 0.6 is 11.3 Å². The maximum absolute atomic E-state index is 13.4. The van der Waals surface area contributed by atoms with Crippen LogP contribution in [0.3, 0.4) is 0 Å². The zero-order valence-electron chi connectivity index (χ0n) is 12.7. The predicted molar refractivity (Wildman–Crippen MR) is 84.1 cm³/mol. The summed E-state index contributed by atoms with van der Waals surface area (Å²) in [7, 11) is 0. The molecule has 22 heavy (non-hydrogen) atoms. The average molecular weight is 324 g/mol. The van der Waals surface area contributed by atoms with Gasteiger partial charge >= 0.3 is 0 Å². The van der Waals surface area contributed by atoms with Gasteiger partial charge in [0.1, 0.15) is 17.3 Å². The van der Waals surface area contributed by atoms with Gasteiger partial charge in [0.2, 0.25) is 5.91 Å². The number of aromatic nitrogens is 1. The van der Waals surface area contributed by atoms with E-state index in [-0.39, 0.29) is 11.8 Å². The average Bonchev–Trinajstić information content (AvgIpc) is 2.90. The first-order chi connectivity index (χ1) is 10.3. The number of hydrogen-bond acceptors (Lipinski definition) is 3. The van der Waals surface area contributed by atoms with E-state index < -0.39 is 23.2 Å². The van der Waals surface area contributed by atoms with E-state index >= 15 is 0 Å². The number of halogens is 2. The van der Waals surface area contributed by atoms with E-state index in [1.165, 1.54) is 17.4 Å². The van der Waals surface area contributed by atoms with Crippen LogP contribution in [0.25, 0.3) is 0 Å². The van der Waals surface area contributed by atoms with E-state index in [9.17, 15) is 13.6 Å². The number of anilines is 1. The van der Waals surface area contributed by atoms with Crippen molar-refractivity contribution < 1.29 is 13.6 Å². The largest absolute Gasteiger partial charge is 0.321 e. The van der Waals surface area contributed by atoms with Crippen LogP contribution in [-0.2, 0) is 16.6 Å². The zero-order valence-corrected chi connectivity index (χ0v) is 13.6. The third-order valence-corrected chi connectivity index (χ3v) is 4.02. The van der Waals surface area contributed by atoms with E-state index in [4.69, 9.17) is 0 Å². The highest BCUT2D eigenvalue weighted by Gasteiger charge is 2.18. The van der Waals surface area contributed by atoms with Crippen molar-refractivity contribution >= 4 is 22.9 Å². The number of hydrogen-bond donors (Lipinski definition) is 1. The van der Waals surface area contributed by atoms with Crippen LogP contribution in [0, 0.1) is 11.6 Å². The van der Waals surface area contributed by atoms with E-state index in [1.54, 1.807) is 0 Å². The predicted octanol–water partition coefficient (Wildman–Crippen LogP) is 4.29. The van der Waals surface area contributed by atoms with E-state index in [0.29, 0.717) is 6.42 Å². The zero-order chi connectivity index (χ0) is 16.3. The van der Waals surface area contributed by atoms with Crippen LogP contribution in [0.1, 0.15) is 37.9 Å². The van der Waals surface area contributed by atoms with Crippen LogP contribution in [-0.4, -0.2) is 10.9 Å². The lowest BCUT2D eigenvalue weighted by Crippen LogP contribution is -2.15. The number of carbonyl (C=O) groups is 1. The molecule has 1 aromatic heterocycles. The second-order valence-corrected chi connectivity index (χ2v) is 6.96. The summed E-state index contributed by atoms with van der Waals surface area (Å²) in [4.78, 5) is 16.3. The molecule has 6 heteroatoms. The molecule has 0 atom stereocenters. The molecule has 0 saturated heterocycles. The molecule has 0 aliphatic rings. The number of carbonyl (C=O) groups excluding carboxylic acids is 1. The molecule has 1 aromatic carbocycles. The summed E-state index contributed by atoms with van der Waals surface area (Å²) in [5, 5.41) is 5.09. The number of aryl methyl sites for hydroxylation is 1. The molecule has 0 aliphatic heterocycles. The highest BCUT2D eigenvalue weighted by Crippen LogP contribution is 2.24. The van der Waals surface area contributed by atoms with Crippen molar-refractivity contribution in [2.75, 3.05) is 5.32 Å². The second kappa shape index (κ2) is 6.52. The third kappa shape index (κ3) is 4.10. The van der Waals surface area contributed by atoms with Crippen LogP contribution in [0.15, 0.2) is 23.6 Å². The van der Waals surface area contributed by atoms with Crippen molar-refractivity contribution in [3.05, 3.63) is 45.9 Å². The summed E-state index contributed by atoms with van der Waals surface area (Å²) >= 11 is 1.49. The Hall–Kier alpha value is -1.82. The number of amides is 1. The van der Waals surface area contributed by atoms with Gasteiger partial charge in [-0.2, -0.15) is 0 Å². The Morgan fingerprint density at radius 2 is 1.91 bits per heavy atom. The molecule has 2 rings (SSSR count). The molecule has 0 aliphatic carbocycles. The molecular weight excluding hydrogens is 306 g/mol. The topological polar surface area (TPSA) is 42.0 Å². The van der Waals surface area contributed by atoms with Crippen molar-refractivity contribution in [1.82, 2.24) is 4.98 Å². The Bertz CT molecular complexity index is 657. The quantitative estimate of drug-likeness (QED) is 0.911. The Kier molecular flexibility index (Phi) is 4.90. The highest BCUT2D eigenvalue weighted by molar-refractivity contribution is 7.09. The molecule has 0 unspecified atom stereocenters. The van der Waals surface area contributed by atoms with Crippen LogP contribution in [0.2, 0.25) is 0 Å². The minimum Gasteiger partial charge on any atom is -0.321 e. The van der Waals surface area contributed by atoms with Gasteiger partial charge in [-0.1, -0.05) is 26.8 Å². The minimum absolute atomic E-state index is 0.0344. The van der Waals surface area contributed by atoms with Gasteiger partial charge < -0.3 is 5.32 Å². The first kappa shape index (κ1) is 16.5. The summed E-state index contributed by atoms with van der Waals surface area (Å²) in [5.74, 6) is -1.99. The van der Waals surface area contributed by atoms with Gasteiger partial charge in [0.25, 0.3) is 0 Å². The Morgan fingerprint density at radius 3 is 2.45 bits per heavy atom. The maximum Gasteiger partial charge on any atom is 0.224 e. The molecule has 0 bridgehead atoms. The molecule has 2 aromatic rings. The van der Waals surface area contributed by atoms with Gasteiger partial charge in [-0.3, -0.25) is 4.79 Å². The smallest absolute Gasteiger partial charge is 0.224 e. The van der Waals surface area contributed by atoms with Gasteiger partial charge in [-0.15, -0.1) is 11.3 Å². The first-order valence-corrected chi connectivity index (χ1v) is 7.84. The third-order valence-electron chi connectivity index (χ3n) is 3.11. The standard InChI is InChI=1S/C16H18F2N2OS/c1-16(2,3)12-9-22-14(19-12)8-7-13(21)20-15-10(17)5-4-6-11(15)18/h4-6,9H,7-8H2,1-3H3,(H,20,21). The van der Waals surface area contributed by atoms with Crippen molar-refractivity contribution in [3.63, 3.8) is 0 Å². The number of para-hydroxylation sites is 1. The van der Waals surface area contributed by atoms with Crippen LogP contribution in [0.4, 0.5) is 14.5 Å². The molecule has 3 nitrogen and oxygen atoms in total. The molecule has 0 fully saturated rings. The number of nitrogens with one attached hydrogen (secondary N) is 1. The molecular formula is C16H18F2N2OS. The SMILES string of the molecule is CC(C)(C)c1csc(CCC(=O)Nc2c(F)cccc2F)n1. The highest BCUT2D eigenvalue weighted by atomic mass is 32.1. The van der Waals surface area contributed by atoms with Crippen LogP contribution in [0.5, 0.6) is 0 Å². The fourth-order valence-electron chi connectivity index (χ4n) is 1.81. The fourth-order valence-corrected chi connectivity index (χ4v) is 2.83. The molecule has 1 N–H and O–H groups in total. The van der Waals surface area contributed by atoms with Gasteiger partial charge in [-0.05, 0) is 12.1 Å². The maximum atomic E-state index is 13.4. The van der Waals surface area contributed by atoms with Crippen molar-refractivity contribution in [2.45, 2.75) is 39.0 Å². The van der Waals surface area contributed by atoms with Gasteiger partial charge in [-0.25, -0.2) is 13.8 Å². The molecule has 0 radical (unpaired) electrons. The molecule has 0 saturated carbocycles. The summed E-state index contributed by atoms with van der Waals surface area (Å²) < 4.78 is 26.9. The number of benzene rings is 1. The number of nitrogens with zero attached hydrogens (tertiary/aromatic N) is 1. The van der Waals surface area contributed by atoms with Crippen LogP contribution < -0.4 is 5.32 Å². The van der Waals surface area contributed by atoms with Gasteiger partial charge in [0.15, 0.2) is 0 Å². The molecule has 0 spiro atoms. The molecule has 1 amide bonds. The Balaban J connectivity index is 1.95. The lowest BCUT2D eigenvalue weighted by Gasteiger charge is -2.14. The molecule has 1 heterocycles. The van der Waals surface area contributed by atoms with E-state index in [2.05, 4.69) is 31.1 Å². The second-order valence-electron chi connectivity index (χ2n) is 6.02. The Labute approximate surface area is 132 Å². The lowest BCUT2D eigenvalue weighted by molar-refractivity contribution is -0.116. The lowest BCUT2D eigenvalue weighted by atomic mass is 9.93. The fraction of sp³-hybridized carbons (Fsp3) is 0.375. The first-order valence-electron chi connectivity index (χ1n) is 6.96. The monoisotopic (exact) mass is 324 g/mol. The summed E-state index contributed by atoms with van der Waals surface area (Å²) in [6.45, 7) is 6.21. The normalized spacial score (nSPS) is 11.5. The minimum atomic E-state index is -0.780. The Morgan fingerprint density at radius 1 is 1.27 bits per heavy atom.